The Balaban J connectivity index is 2.91. The number of nitrogens with zero attached hydrogens (tertiary/aromatic N) is 1. The normalized spacial score (nSPS) is 10.5. The van der Waals surface area contributed by atoms with Crippen LogP contribution < -0.4 is 0 Å². The van der Waals surface area contributed by atoms with E-state index in [0.29, 0.717) is 22.0 Å². The molecule has 0 atom stereocenters. The summed E-state index contributed by atoms with van der Waals surface area (Å²) >= 11 is 6.56. The van der Waals surface area contributed by atoms with Crippen LogP contribution in [-0.4, -0.2) is 16.4 Å². The molecule has 0 radical (unpaired) electrons. The van der Waals surface area contributed by atoms with Crippen LogP contribution in [0.1, 0.15) is 10.5 Å². The fourth-order valence-corrected chi connectivity index (χ4v) is 2.56. The number of fused-ring (bicyclic) bond motifs is 1. The molecular formula is C10H5Br2NO2. The van der Waals surface area contributed by atoms with E-state index in [2.05, 4.69) is 36.8 Å². The zero-order valence-electron chi connectivity index (χ0n) is 7.37. The molecule has 1 aromatic carbocycles. The Bertz CT molecular complexity index is 555. The molecule has 0 saturated heterocycles. The van der Waals surface area contributed by atoms with Crippen LogP contribution in [0.3, 0.4) is 0 Å². The Morgan fingerprint density at radius 3 is 2.67 bits per heavy atom. The van der Waals surface area contributed by atoms with E-state index in [1.807, 2.05) is 0 Å². The van der Waals surface area contributed by atoms with Crippen molar-refractivity contribution < 1.29 is 9.90 Å². The first kappa shape index (κ1) is 10.6. The van der Waals surface area contributed by atoms with E-state index < -0.39 is 0 Å². The molecule has 76 valence electrons. The first-order chi connectivity index (χ1) is 7.13. The molecule has 0 amide bonds. The maximum atomic E-state index is 10.6. The average molecular weight is 331 g/mol. The molecule has 2 aromatic rings. The zero-order valence-corrected chi connectivity index (χ0v) is 10.5. The van der Waals surface area contributed by atoms with E-state index in [0.717, 1.165) is 9.86 Å². The molecule has 3 nitrogen and oxygen atoms in total. The van der Waals surface area contributed by atoms with Gasteiger partial charge in [-0.05, 0) is 34.1 Å². The van der Waals surface area contributed by atoms with Crippen molar-refractivity contribution in [3.8, 4) is 5.75 Å². The number of hydrogen-bond donors (Lipinski definition) is 1. The van der Waals surface area contributed by atoms with Gasteiger partial charge in [0.05, 0.1) is 4.47 Å². The maximum Gasteiger partial charge on any atom is 0.168 e. The quantitative estimate of drug-likeness (QED) is 0.816. The SMILES string of the molecule is O=Cc1ccc2c(Br)cc(Br)c(O)c2n1. The summed E-state index contributed by atoms with van der Waals surface area (Å²) in [6.45, 7) is 0. The number of carbonyl (C=O) groups excluding carboxylic acids is 1. The molecule has 1 aromatic heterocycles. The minimum atomic E-state index is 0.0388. The van der Waals surface area contributed by atoms with E-state index in [1.165, 1.54) is 0 Å². The third-order valence-electron chi connectivity index (χ3n) is 2.00. The predicted molar refractivity (Wildman–Crippen MR) is 64.2 cm³/mol. The molecule has 0 aliphatic rings. The van der Waals surface area contributed by atoms with Crippen LogP contribution in [0.5, 0.6) is 5.75 Å². The van der Waals surface area contributed by atoms with Gasteiger partial charge < -0.3 is 5.11 Å². The zero-order chi connectivity index (χ0) is 11.0. The molecule has 0 aliphatic heterocycles. The predicted octanol–water partition coefficient (Wildman–Crippen LogP) is 3.28. The highest BCUT2D eigenvalue weighted by atomic mass is 79.9. The topological polar surface area (TPSA) is 50.2 Å². The van der Waals surface area contributed by atoms with Crippen LogP contribution in [0.4, 0.5) is 0 Å². The number of rotatable bonds is 1. The van der Waals surface area contributed by atoms with Crippen LogP contribution in [0, 0.1) is 0 Å². The monoisotopic (exact) mass is 329 g/mol. The molecule has 2 rings (SSSR count). The summed E-state index contributed by atoms with van der Waals surface area (Å²) in [6, 6.07) is 5.08. The second-order valence-corrected chi connectivity index (χ2v) is 4.65. The largest absolute Gasteiger partial charge is 0.505 e. The van der Waals surface area contributed by atoms with Crippen molar-refractivity contribution >= 4 is 49.0 Å². The first-order valence-electron chi connectivity index (χ1n) is 4.06. The lowest BCUT2D eigenvalue weighted by Gasteiger charge is -2.05. The summed E-state index contributed by atoms with van der Waals surface area (Å²) in [5, 5.41) is 10.5. The molecule has 0 fully saturated rings. The van der Waals surface area contributed by atoms with Gasteiger partial charge in [0.1, 0.15) is 11.2 Å². The third-order valence-corrected chi connectivity index (χ3v) is 3.26. The highest BCUT2D eigenvalue weighted by Gasteiger charge is 2.10. The molecule has 0 aliphatic carbocycles. The highest BCUT2D eigenvalue weighted by Crippen LogP contribution is 2.36. The van der Waals surface area contributed by atoms with Gasteiger partial charge in [0.15, 0.2) is 12.0 Å². The molecule has 0 saturated carbocycles. The van der Waals surface area contributed by atoms with Crippen LogP contribution in [0.2, 0.25) is 0 Å². The highest BCUT2D eigenvalue weighted by molar-refractivity contribution is 9.11. The summed E-state index contributed by atoms with van der Waals surface area (Å²) < 4.78 is 1.35. The summed E-state index contributed by atoms with van der Waals surface area (Å²) in [6.07, 6.45) is 0.647. The second-order valence-electron chi connectivity index (χ2n) is 2.94. The number of hydrogen-bond acceptors (Lipinski definition) is 3. The van der Waals surface area contributed by atoms with Crippen molar-refractivity contribution in [3.63, 3.8) is 0 Å². The number of aromatic hydroxyl groups is 1. The van der Waals surface area contributed by atoms with Crippen LogP contribution in [0.25, 0.3) is 10.9 Å². The molecular weight excluding hydrogens is 326 g/mol. The Labute approximate surface area is 102 Å². The number of halogens is 2. The Hall–Kier alpha value is -0.940. The summed E-state index contributed by atoms with van der Waals surface area (Å²) in [5.41, 5.74) is 0.698. The molecule has 0 unspecified atom stereocenters. The lowest BCUT2D eigenvalue weighted by Crippen LogP contribution is -1.89. The van der Waals surface area contributed by atoms with Crippen LogP contribution in [-0.2, 0) is 0 Å². The van der Waals surface area contributed by atoms with Crippen molar-refractivity contribution in [3.05, 3.63) is 32.8 Å². The fourth-order valence-electron chi connectivity index (χ4n) is 1.28. The van der Waals surface area contributed by atoms with Crippen molar-refractivity contribution in [2.24, 2.45) is 0 Å². The Morgan fingerprint density at radius 1 is 1.27 bits per heavy atom. The molecule has 1 heterocycles. The lowest BCUT2D eigenvalue weighted by atomic mass is 10.2. The fraction of sp³-hybridized carbons (Fsp3) is 0. The van der Waals surface area contributed by atoms with E-state index >= 15 is 0 Å². The minimum Gasteiger partial charge on any atom is -0.505 e. The lowest BCUT2D eigenvalue weighted by molar-refractivity contribution is 0.111. The molecule has 0 spiro atoms. The summed E-state index contributed by atoms with van der Waals surface area (Å²) in [7, 11) is 0. The average Bonchev–Trinajstić information content (AvgIpc) is 2.25. The van der Waals surface area contributed by atoms with Gasteiger partial charge in [-0.3, -0.25) is 4.79 Å². The first-order valence-corrected chi connectivity index (χ1v) is 5.65. The van der Waals surface area contributed by atoms with Crippen molar-refractivity contribution in [1.82, 2.24) is 4.98 Å². The number of phenols is 1. The number of aromatic nitrogens is 1. The molecule has 5 heteroatoms. The summed E-state index contributed by atoms with van der Waals surface area (Å²) in [5.74, 6) is 0.0388. The van der Waals surface area contributed by atoms with Crippen molar-refractivity contribution in [1.29, 1.82) is 0 Å². The number of benzene rings is 1. The van der Waals surface area contributed by atoms with E-state index in [4.69, 9.17) is 0 Å². The molecule has 1 N–H and O–H groups in total. The van der Waals surface area contributed by atoms with Crippen LogP contribution >= 0.6 is 31.9 Å². The molecule has 0 bridgehead atoms. The standard InChI is InChI=1S/C10H5Br2NO2/c11-7-3-8(12)10(15)9-6(7)2-1-5(4-14)13-9/h1-4,15H. The van der Waals surface area contributed by atoms with Gasteiger partial charge >= 0.3 is 0 Å². The minimum absolute atomic E-state index is 0.0388. The second kappa shape index (κ2) is 3.90. The van der Waals surface area contributed by atoms with Crippen molar-refractivity contribution in [2.45, 2.75) is 0 Å². The Morgan fingerprint density at radius 2 is 2.00 bits per heavy atom. The van der Waals surface area contributed by atoms with Crippen LogP contribution in [0.15, 0.2) is 27.1 Å². The third kappa shape index (κ3) is 1.77. The number of pyridine rings is 1. The van der Waals surface area contributed by atoms with E-state index in [9.17, 15) is 9.90 Å². The molecule has 15 heavy (non-hydrogen) atoms. The van der Waals surface area contributed by atoms with Gasteiger partial charge in [-0.15, -0.1) is 0 Å². The van der Waals surface area contributed by atoms with Gasteiger partial charge in [0.25, 0.3) is 0 Å². The number of phenolic OH excluding ortho intramolecular Hbond substituents is 1. The maximum absolute atomic E-state index is 10.6. The van der Waals surface area contributed by atoms with Gasteiger partial charge in [-0.1, -0.05) is 15.9 Å². The van der Waals surface area contributed by atoms with Gasteiger partial charge in [0.2, 0.25) is 0 Å². The van der Waals surface area contributed by atoms with Gasteiger partial charge in [-0.25, -0.2) is 4.98 Å². The van der Waals surface area contributed by atoms with Gasteiger partial charge in [0, 0.05) is 9.86 Å². The Kier molecular flexibility index (Phi) is 2.75. The smallest absolute Gasteiger partial charge is 0.168 e. The number of aldehydes is 1. The van der Waals surface area contributed by atoms with E-state index in [1.54, 1.807) is 18.2 Å². The number of carbonyl (C=O) groups is 1. The summed E-state index contributed by atoms with van der Waals surface area (Å²) in [4.78, 5) is 14.6. The van der Waals surface area contributed by atoms with Gasteiger partial charge in [-0.2, -0.15) is 0 Å². The van der Waals surface area contributed by atoms with E-state index in [-0.39, 0.29) is 5.75 Å². The van der Waals surface area contributed by atoms with Crippen molar-refractivity contribution in [2.75, 3.05) is 0 Å².